The summed E-state index contributed by atoms with van der Waals surface area (Å²) in [6, 6.07) is 8.66. The first-order chi connectivity index (χ1) is 11.0. The fourth-order valence-corrected chi connectivity index (χ4v) is 4.18. The van der Waals surface area contributed by atoms with E-state index in [1.807, 2.05) is 4.72 Å². The Morgan fingerprint density at radius 2 is 1.54 bits per heavy atom. The second-order valence-corrected chi connectivity index (χ2v) is 9.32. The van der Waals surface area contributed by atoms with Gasteiger partial charge in [-0.3, -0.25) is 4.79 Å². The number of hydrogen-bond acceptors (Lipinski definition) is 5. The molecule has 0 heterocycles. The molecule has 2 rings (SSSR count). The van der Waals surface area contributed by atoms with Crippen LogP contribution in [0.3, 0.4) is 0 Å². The van der Waals surface area contributed by atoms with Gasteiger partial charge in [-0.2, -0.15) is 0 Å². The molecule has 0 saturated carbocycles. The van der Waals surface area contributed by atoms with Crippen LogP contribution in [0.15, 0.2) is 52.3 Å². The number of carbonyl (C=O) groups excluding carboxylic acids is 1. The highest BCUT2D eigenvalue weighted by atomic mass is 35.5. The molecule has 0 fully saturated rings. The van der Waals surface area contributed by atoms with Crippen LogP contribution in [0.25, 0.3) is 0 Å². The lowest BCUT2D eigenvalue weighted by molar-refractivity contribution is 0.0981. The van der Waals surface area contributed by atoms with Gasteiger partial charge in [0.05, 0.1) is 14.8 Å². The Labute approximate surface area is 149 Å². The third kappa shape index (κ3) is 4.27. The molecule has 1 amide bonds. The summed E-state index contributed by atoms with van der Waals surface area (Å²) >= 11 is 11.5. The van der Waals surface area contributed by atoms with Gasteiger partial charge in [-0.15, -0.1) is 0 Å². The van der Waals surface area contributed by atoms with Gasteiger partial charge in [0.25, 0.3) is 15.9 Å². The van der Waals surface area contributed by atoms with Crippen LogP contribution in [0.5, 0.6) is 0 Å². The van der Waals surface area contributed by atoms with Crippen molar-refractivity contribution in [3.05, 3.63) is 58.1 Å². The van der Waals surface area contributed by atoms with Gasteiger partial charge in [-0.1, -0.05) is 23.2 Å². The third-order valence-electron chi connectivity index (χ3n) is 2.94. The summed E-state index contributed by atoms with van der Waals surface area (Å²) in [5, 5.41) is 0.283. The summed E-state index contributed by atoms with van der Waals surface area (Å²) in [5.74, 6) is -0.980. The van der Waals surface area contributed by atoms with Gasteiger partial charge in [0, 0.05) is 16.8 Å². The third-order valence-corrected chi connectivity index (χ3v) is 6.12. The van der Waals surface area contributed by atoms with Gasteiger partial charge in [0.15, 0.2) is 9.84 Å². The Bertz CT molecular complexity index is 1000. The summed E-state index contributed by atoms with van der Waals surface area (Å²) in [6.07, 6.45) is 0.931. The zero-order chi connectivity index (χ0) is 18.1. The number of sulfonamides is 1. The quantitative estimate of drug-likeness (QED) is 0.839. The smallest absolute Gasteiger partial charge is 0.265 e. The Morgan fingerprint density at radius 1 is 0.958 bits per heavy atom. The Hall–Kier alpha value is -1.61. The van der Waals surface area contributed by atoms with E-state index in [0.29, 0.717) is 5.02 Å². The minimum Gasteiger partial charge on any atom is -0.268 e. The van der Waals surface area contributed by atoms with Crippen LogP contribution >= 0.6 is 23.2 Å². The molecular weight excluding hydrogens is 397 g/mol. The first-order valence-corrected chi connectivity index (χ1v) is 10.5. The van der Waals surface area contributed by atoms with Crippen LogP contribution in [0.4, 0.5) is 0 Å². The minimum absolute atomic E-state index is 0.0605. The van der Waals surface area contributed by atoms with Crippen LogP contribution in [0.1, 0.15) is 10.4 Å². The molecule has 24 heavy (non-hydrogen) atoms. The molecule has 1 N–H and O–H groups in total. The van der Waals surface area contributed by atoms with Crippen LogP contribution in [-0.2, 0) is 19.9 Å². The average Bonchev–Trinajstić information content (AvgIpc) is 2.46. The van der Waals surface area contributed by atoms with Crippen LogP contribution in [-0.4, -0.2) is 29.0 Å². The highest BCUT2D eigenvalue weighted by Crippen LogP contribution is 2.23. The molecule has 0 aliphatic carbocycles. The summed E-state index contributed by atoms with van der Waals surface area (Å²) in [4.78, 5) is 11.7. The molecule has 0 aromatic heterocycles. The number of benzene rings is 2. The predicted octanol–water partition coefficient (Wildman–Crippen LogP) is 2.52. The zero-order valence-corrected chi connectivity index (χ0v) is 15.3. The van der Waals surface area contributed by atoms with E-state index in [1.165, 1.54) is 36.4 Å². The largest absolute Gasteiger partial charge is 0.268 e. The van der Waals surface area contributed by atoms with Crippen molar-refractivity contribution in [1.29, 1.82) is 0 Å². The lowest BCUT2D eigenvalue weighted by Crippen LogP contribution is -2.30. The molecule has 0 aliphatic rings. The lowest BCUT2D eigenvalue weighted by Gasteiger charge is -2.09. The van der Waals surface area contributed by atoms with Crippen molar-refractivity contribution >= 4 is 49.0 Å². The van der Waals surface area contributed by atoms with Gasteiger partial charge < -0.3 is 0 Å². The van der Waals surface area contributed by atoms with Gasteiger partial charge in [0.2, 0.25) is 0 Å². The fourth-order valence-electron chi connectivity index (χ4n) is 1.78. The Kier molecular flexibility index (Phi) is 5.24. The lowest BCUT2D eigenvalue weighted by atomic mass is 10.2. The normalized spacial score (nSPS) is 12.0. The molecule has 0 saturated heterocycles. The SMILES string of the molecule is CS(=O)(=O)c1cc(C(=O)NS(=O)(=O)c2ccc(Cl)cc2)ccc1Cl. The molecule has 0 unspecified atom stereocenters. The second-order valence-electron chi connectivity index (χ2n) is 4.81. The molecule has 0 spiro atoms. The Morgan fingerprint density at radius 3 is 2.08 bits per heavy atom. The van der Waals surface area contributed by atoms with Crippen LogP contribution < -0.4 is 4.72 Å². The van der Waals surface area contributed by atoms with Crippen molar-refractivity contribution in [3.8, 4) is 0 Å². The number of rotatable bonds is 4. The van der Waals surface area contributed by atoms with E-state index in [0.717, 1.165) is 12.3 Å². The summed E-state index contributed by atoms with van der Waals surface area (Å²) < 4.78 is 49.4. The number of halogens is 2. The van der Waals surface area contributed by atoms with Crippen LogP contribution in [0.2, 0.25) is 10.0 Å². The minimum atomic E-state index is -4.12. The number of sulfone groups is 1. The number of carbonyl (C=O) groups is 1. The summed E-state index contributed by atoms with van der Waals surface area (Å²) in [7, 11) is -7.79. The van der Waals surface area contributed by atoms with Crippen molar-refractivity contribution in [3.63, 3.8) is 0 Å². The standard InChI is InChI=1S/C14H11Cl2NO5S2/c1-23(19,20)13-8-9(2-7-12(13)16)14(18)17-24(21,22)11-5-3-10(15)4-6-11/h2-8H,1H3,(H,17,18). The first kappa shape index (κ1) is 18.7. The maximum atomic E-state index is 12.2. The second kappa shape index (κ2) is 6.72. The van der Waals surface area contributed by atoms with E-state index >= 15 is 0 Å². The summed E-state index contributed by atoms with van der Waals surface area (Å²) in [5.41, 5.74) is -0.155. The molecule has 10 heteroatoms. The monoisotopic (exact) mass is 407 g/mol. The Balaban J connectivity index is 2.35. The van der Waals surface area contributed by atoms with E-state index in [2.05, 4.69) is 0 Å². The van der Waals surface area contributed by atoms with Gasteiger partial charge in [-0.25, -0.2) is 21.6 Å². The van der Waals surface area contributed by atoms with Crippen molar-refractivity contribution < 1.29 is 21.6 Å². The maximum absolute atomic E-state index is 12.2. The molecule has 2 aromatic carbocycles. The molecule has 0 radical (unpaired) electrons. The van der Waals surface area contributed by atoms with Gasteiger partial charge >= 0.3 is 0 Å². The van der Waals surface area contributed by atoms with E-state index in [9.17, 15) is 21.6 Å². The highest BCUT2D eigenvalue weighted by molar-refractivity contribution is 7.91. The van der Waals surface area contributed by atoms with Gasteiger partial charge in [-0.05, 0) is 42.5 Å². The molecule has 0 bridgehead atoms. The highest BCUT2D eigenvalue weighted by Gasteiger charge is 2.21. The number of amides is 1. The van der Waals surface area contributed by atoms with Crippen molar-refractivity contribution in [2.75, 3.05) is 6.26 Å². The molecule has 0 aliphatic heterocycles. The summed E-state index contributed by atoms with van der Waals surface area (Å²) in [6.45, 7) is 0. The van der Waals surface area contributed by atoms with E-state index < -0.39 is 25.8 Å². The maximum Gasteiger partial charge on any atom is 0.265 e. The van der Waals surface area contributed by atoms with E-state index in [4.69, 9.17) is 23.2 Å². The van der Waals surface area contributed by atoms with E-state index in [1.54, 1.807) is 0 Å². The average molecular weight is 408 g/mol. The molecule has 128 valence electrons. The van der Waals surface area contributed by atoms with Crippen molar-refractivity contribution in [1.82, 2.24) is 4.72 Å². The predicted molar refractivity (Wildman–Crippen MR) is 90.7 cm³/mol. The fraction of sp³-hybridized carbons (Fsp3) is 0.0714. The van der Waals surface area contributed by atoms with Crippen molar-refractivity contribution in [2.45, 2.75) is 9.79 Å². The zero-order valence-electron chi connectivity index (χ0n) is 12.2. The van der Waals surface area contributed by atoms with E-state index in [-0.39, 0.29) is 20.4 Å². The molecule has 6 nitrogen and oxygen atoms in total. The number of nitrogens with one attached hydrogen (secondary N) is 1. The van der Waals surface area contributed by atoms with Gasteiger partial charge in [0.1, 0.15) is 0 Å². The number of hydrogen-bond donors (Lipinski definition) is 1. The molecule has 0 atom stereocenters. The first-order valence-electron chi connectivity index (χ1n) is 6.33. The molecule has 2 aromatic rings. The topological polar surface area (TPSA) is 97.4 Å². The van der Waals surface area contributed by atoms with Crippen molar-refractivity contribution in [2.24, 2.45) is 0 Å². The molecular formula is C14H11Cl2NO5S2. The van der Waals surface area contributed by atoms with Crippen LogP contribution in [0, 0.1) is 0 Å².